The van der Waals surface area contributed by atoms with Crippen molar-refractivity contribution in [2.45, 2.75) is 33.7 Å². The van der Waals surface area contributed by atoms with Gasteiger partial charge in [-0.05, 0) is 57.9 Å². The molecule has 0 nitrogen and oxygen atoms in total. The first-order chi connectivity index (χ1) is 16.3. The highest BCUT2D eigenvalue weighted by Gasteiger charge is 2.34. The zero-order valence-electron chi connectivity index (χ0n) is 16.9. The molecule has 0 N–H and O–H groups in total. The van der Waals surface area contributed by atoms with E-state index in [-0.39, 0.29) is 21.8 Å². The van der Waals surface area contributed by atoms with Gasteiger partial charge in [-0.1, -0.05) is 79.8 Å². The Morgan fingerprint density at radius 2 is 0.788 bits per heavy atom. The van der Waals surface area contributed by atoms with E-state index in [0.29, 0.717) is 0 Å². The Hall–Kier alpha value is -0.750. The monoisotopic (exact) mass is 592 g/mol. The van der Waals surface area contributed by atoms with Crippen LogP contribution in [0.15, 0.2) is 128 Å². The standard InChI is InChI=1S/C24H16S9/c1-5-19(25-13-1)32(20-6-2-14-26-20)23-11-9-17(30-23)29-18-10-12-24(31-18)33(21-7-3-15-27-21)22-8-4-16-28-22/h1-16H/q+2. The zero-order valence-corrected chi connectivity index (χ0v) is 24.3. The van der Waals surface area contributed by atoms with Crippen LogP contribution in [-0.2, 0) is 21.8 Å². The summed E-state index contributed by atoms with van der Waals surface area (Å²) in [7, 11) is 0.0348. The number of thiophene rings is 6. The van der Waals surface area contributed by atoms with Crippen LogP contribution in [0.25, 0.3) is 0 Å². The van der Waals surface area contributed by atoms with Gasteiger partial charge >= 0.3 is 0 Å². The van der Waals surface area contributed by atoms with E-state index in [9.17, 15) is 0 Å². The van der Waals surface area contributed by atoms with Crippen molar-refractivity contribution < 1.29 is 0 Å². The number of rotatable bonds is 8. The number of hydrogen-bond acceptors (Lipinski definition) is 7. The van der Waals surface area contributed by atoms with Gasteiger partial charge in [-0.3, -0.25) is 0 Å². The van der Waals surface area contributed by atoms with E-state index in [2.05, 4.69) is 94.3 Å². The molecule has 33 heavy (non-hydrogen) atoms. The lowest BCUT2D eigenvalue weighted by Crippen LogP contribution is -1.97. The van der Waals surface area contributed by atoms with E-state index in [0.717, 1.165) is 0 Å². The highest BCUT2D eigenvalue weighted by molar-refractivity contribution is 8.05. The summed E-state index contributed by atoms with van der Waals surface area (Å²) >= 11 is 13.3. The molecule has 0 saturated heterocycles. The van der Waals surface area contributed by atoms with E-state index < -0.39 is 0 Å². The molecule has 0 bridgehead atoms. The SMILES string of the molecule is c1csc([S+](c2cccs2)c2ccc(Sc3ccc([S+](c4cccs4)c4cccs4)s3)s2)c1. The van der Waals surface area contributed by atoms with Gasteiger partial charge in [-0.2, -0.15) is 0 Å². The van der Waals surface area contributed by atoms with E-state index in [1.807, 2.05) is 79.8 Å². The third-order valence-electron chi connectivity index (χ3n) is 4.50. The highest BCUT2D eigenvalue weighted by Crippen LogP contribution is 2.46. The Balaban J connectivity index is 1.26. The summed E-state index contributed by atoms with van der Waals surface area (Å²) in [5.74, 6) is 0. The van der Waals surface area contributed by atoms with E-state index in [4.69, 9.17) is 0 Å². The molecule has 0 aliphatic carbocycles. The van der Waals surface area contributed by atoms with Crippen LogP contribution in [0.2, 0.25) is 0 Å². The van der Waals surface area contributed by atoms with Gasteiger partial charge in [0, 0.05) is 36.4 Å². The smallest absolute Gasteiger partial charge is 0.0935 e. The largest absolute Gasteiger partial charge is 0.223 e. The maximum absolute atomic E-state index is 2.34. The van der Waals surface area contributed by atoms with Crippen LogP contribution in [-0.4, -0.2) is 0 Å². The molecule has 6 heterocycles. The quantitative estimate of drug-likeness (QED) is 0.158. The van der Waals surface area contributed by atoms with Crippen molar-refractivity contribution in [2.24, 2.45) is 0 Å². The molecule has 0 spiro atoms. The Kier molecular flexibility index (Phi) is 7.20. The van der Waals surface area contributed by atoms with Gasteiger partial charge < -0.3 is 0 Å². The fourth-order valence-corrected chi connectivity index (χ4v) is 18.3. The summed E-state index contributed by atoms with van der Waals surface area (Å²) < 4.78 is 11.4. The molecule has 0 aliphatic rings. The minimum Gasteiger partial charge on any atom is -0.0935 e. The number of hydrogen-bond donors (Lipinski definition) is 0. The maximum atomic E-state index is 2.34. The van der Waals surface area contributed by atoms with Gasteiger partial charge in [0.25, 0.3) is 0 Å². The van der Waals surface area contributed by atoms with Crippen LogP contribution in [0.1, 0.15) is 0 Å². The van der Waals surface area contributed by atoms with Crippen molar-refractivity contribution >= 4 is 102 Å². The van der Waals surface area contributed by atoms with Crippen LogP contribution in [0.3, 0.4) is 0 Å². The minimum atomic E-state index is 0.0174. The van der Waals surface area contributed by atoms with Crippen molar-refractivity contribution in [1.82, 2.24) is 0 Å². The second kappa shape index (κ2) is 10.5. The maximum Gasteiger partial charge on any atom is 0.223 e. The lowest BCUT2D eigenvalue weighted by molar-refractivity contribution is 1.55. The van der Waals surface area contributed by atoms with Crippen LogP contribution < -0.4 is 0 Å². The Labute approximate surface area is 227 Å². The van der Waals surface area contributed by atoms with Crippen molar-refractivity contribution in [1.29, 1.82) is 0 Å². The fourth-order valence-electron chi connectivity index (χ4n) is 3.15. The second-order valence-corrected chi connectivity index (χ2v) is 19.6. The summed E-state index contributed by atoms with van der Waals surface area (Å²) in [6, 6.07) is 27.1. The molecular formula is C24H16S9+2. The normalized spacial score (nSPS) is 11.7. The Bertz CT molecular complexity index is 1210. The predicted molar refractivity (Wildman–Crippen MR) is 154 cm³/mol. The van der Waals surface area contributed by atoms with Gasteiger partial charge in [-0.25, -0.2) is 0 Å². The average molecular weight is 593 g/mol. The van der Waals surface area contributed by atoms with Gasteiger partial charge in [0.2, 0.25) is 25.3 Å². The van der Waals surface area contributed by atoms with Crippen molar-refractivity contribution in [3.05, 3.63) is 94.3 Å². The molecule has 0 unspecified atom stereocenters. The van der Waals surface area contributed by atoms with Crippen molar-refractivity contribution in [3.63, 3.8) is 0 Å². The van der Waals surface area contributed by atoms with E-state index in [1.54, 1.807) is 0 Å². The van der Waals surface area contributed by atoms with Gasteiger partial charge in [0.1, 0.15) is 21.8 Å². The molecule has 0 saturated carbocycles. The van der Waals surface area contributed by atoms with Crippen LogP contribution >= 0.6 is 79.8 Å². The molecule has 0 radical (unpaired) electrons. The zero-order chi connectivity index (χ0) is 22.0. The molecule has 0 atom stereocenters. The van der Waals surface area contributed by atoms with E-state index >= 15 is 0 Å². The molecule has 9 heteroatoms. The molecule has 0 aliphatic heterocycles. The van der Waals surface area contributed by atoms with Gasteiger partial charge in [-0.15, -0.1) is 0 Å². The summed E-state index contributed by atoms with van der Waals surface area (Å²) in [6.45, 7) is 0. The first-order valence-electron chi connectivity index (χ1n) is 9.85. The average Bonchev–Trinajstić information content (AvgIpc) is 3.66. The summed E-state index contributed by atoms with van der Waals surface area (Å²) in [4.78, 5) is 0. The third kappa shape index (κ3) is 4.98. The highest BCUT2D eigenvalue weighted by atomic mass is 32.3. The minimum absolute atomic E-state index is 0.0174. The predicted octanol–water partition coefficient (Wildman–Crippen LogP) is 10.4. The molecule has 6 rings (SSSR count). The molecule has 6 aromatic rings. The topological polar surface area (TPSA) is 0 Å². The molecule has 164 valence electrons. The molecule has 0 amide bonds. The van der Waals surface area contributed by atoms with Gasteiger partial charge in [0.05, 0.1) is 8.42 Å². The molecule has 0 aromatic carbocycles. The fraction of sp³-hybridized carbons (Fsp3) is 0. The summed E-state index contributed by atoms with van der Waals surface area (Å²) in [5, 5.41) is 8.77. The molecule has 0 fully saturated rings. The second-order valence-electron chi connectivity index (χ2n) is 6.59. The van der Waals surface area contributed by atoms with Crippen LogP contribution in [0.4, 0.5) is 0 Å². The Morgan fingerprint density at radius 1 is 0.424 bits per heavy atom. The van der Waals surface area contributed by atoms with Gasteiger partial charge in [0.15, 0.2) is 0 Å². The van der Waals surface area contributed by atoms with Crippen LogP contribution in [0, 0.1) is 0 Å². The van der Waals surface area contributed by atoms with Crippen LogP contribution in [0.5, 0.6) is 0 Å². The summed E-state index contributed by atoms with van der Waals surface area (Å²) in [5.41, 5.74) is 0. The summed E-state index contributed by atoms with van der Waals surface area (Å²) in [6.07, 6.45) is 0. The lowest BCUT2D eigenvalue weighted by atomic mass is 10.7. The lowest BCUT2D eigenvalue weighted by Gasteiger charge is -2.00. The first kappa shape index (κ1) is 22.7. The first-order valence-corrected chi connectivity index (χ1v) is 18.3. The molecule has 6 aromatic heterocycles. The molecular weight excluding hydrogens is 577 g/mol. The third-order valence-corrected chi connectivity index (χ3v) is 18.1. The van der Waals surface area contributed by atoms with Crippen molar-refractivity contribution in [3.8, 4) is 0 Å². The Morgan fingerprint density at radius 3 is 1.09 bits per heavy atom. The van der Waals surface area contributed by atoms with Crippen molar-refractivity contribution in [2.75, 3.05) is 0 Å². The van der Waals surface area contributed by atoms with E-state index in [1.165, 1.54) is 33.7 Å².